The van der Waals surface area contributed by atoms with Crippen molar-refractivity contribution in [1.82, 2.24) is 16.0 Å². The molecule has 0 saturated carbocycles. The first-order valence-electron chi connectivity index (χ1n) is 9.87. The van der Waals surface area contributed by atoms with Gasteiger partial charge in [0.05, 0.1) is 6.54 Å². The van der Waals surface area contributed by atoms with Gasteiger partial charge in [0.2, 0.25) is 18.2 Å². The Hall–Kier alpha value is -1.92. The summed E-state index contributed by atoms with van der Waals surface area (Å²) in [6.45, 7) is 16.6. The van der Waals surface area contributed by atoms with E-state index in [0.29, 0.717) is 25.0 Å². The van der Waals surface area contributed by atoms with Gasteiger partial charge in [0.25, 0.3) is 0 Å². The summed E-state index contributed by atoms with van der Waals surface area (Å²) in [5.74, 6) is 0.0184. The lowest BCUT2D eigenvalue weighted by Crippen LogP contribution is -2.44. The van der Waals surface area contributed by atoms with Crippen LogP contribution in [0.15, 0.2) is 0 Å². The number of hydrogen-bond donors (Lipinski definition) is 3. The van der Waals surface area contributed by atoms with Gasteiger partial charge in [0, 0.05) is 13.5 Å². The highest BCUT2D eigenvalue weighted by Gasteiger charge is 2.17. The first-order chi connectivity index (χ1) is 12.7. The van der Waals surface area contributed by atoms with E-state index < -0.39 is 6.04 Å². The lowest BCUT2D eigenvalue weighted by molar-refractivity contribution is -0.126. The van der Waals surface area contributed by atoms with Gasteiger partial charge >= 0.3 is 0 Å². The van der Waals surface area contributed by atoms with Gasteiger partial charge in [-0.25, -0.2) is 0 Å². The summed E-state index contributed by atoms with van der Waals surface area (Å²) in [5.41, 5.74) is 0. The standard InChI is InChI=1S/C9H16N2O3.C4H9NO.C4H10.C3H8/c1-7(2)5-8(11-6-13)9(14)10-3-4-12;1-3-5-4(2)6;1-3-4-2;1-3-2/h4,6-8H,3,5H2,1-2H3,(H,10,14)(H,11,13);3H2,1-2H3,(H,5,6);3-4H2,1-2H3;3H2,1-2H3. The van der Waals surface area contributed by atoms with Crippen LogP contribution in [0.25, 0.3) is 0 Å². The van der Waals surface area contributed by atoms with Crippen LogP contribution in [0.3, 0.4) is 0 Å². The van der Waals surface area contributed by atoms with E-state index in [1.54, 1.807) is 0 Å². The van der Waals surface area contributed by atoms with Gasteiger partial charge in [-0.3, -0.25) is 14.4 Å². The van der Waals surface area contributed by atoms with E-state index in [4.69, 9.17) is 0 Å². The van der Waals surface area contributed by atoms with Crippen molar-refractivity contribution in [3.8, 4) is 0 Å². The van der Waals surface area contributed by atoms with Crippen molar-refractivity contribution in [3.05, 3.63) is 0 Å². The molecule has 27 heavy (non-hydrogen) atoms. The molecule has 1 atom stereocenters. The third-order valence-electron chi connectivity index (χ3n) is 2.58. The Labute approximate surface area is 166 Å². The molecule has 1 unspecified atom stereocenters. The maximum Gasteiger partial charge on any atom is 0.242 e. The molecule has 3 N–H and O–H groups in total. The molecular formula is C20H43N3O4. The second kappa shape index (κ2) is 28.9. The molecule has 0 bridgehead atoms. The molecule has 162 valence electrons. The number of rotatable bonds is 9. The van der Waals surface area contributed by atoms with Crippen molar-refractivity contribution in [2.45, 2.75) is 87.1 Å². The number of amides is 3. The summed E-state index contributed by atoms with van der Waals surface area (Å²) >= 11 is 0. The first kappa shape index (κ1) is 32.7. The molecule has 0 spiro atoms. The maximum absolute atomic E-state index is 11.3. The molecule has 0 heterocycles. The molecule has 3 amide bonds. The molecule has 0 aromatic rings. The second-order valence-corrected chi connectivity index (χ2v) is 6.17. The molecule has 0 saturated heterocycles. The van der Waals surface area contributed by atoms with Crippen LogP contribution in [0.1, 0.15) is 81.1 Å². The Morgan fingerprint density at radius 3 is 1.63 bits per heavy atom. The van der Waals surface area contributed by atoms with Crippen molar-refractivity contribution < 1.29 is 19.2 Å². The Balaban J connectivity index is -0.000000167. The summed E-state index contributed by atoms with van der Waals surface area (Å²) in [7, 11) is 0. The molecule has 0 aliphatic heterocycles. The normalized spacial score (nSPS) is 9.67. The zero-order valence-corrected chi connectivity index (χ0v) is 18.7. The van der Waals surface area contributed by atoms with Crippen molar-refractivity contribution in [2.24, 2.45) is 5.92 Å². The summed E-state index contributed by atoms with van der Waals surface area (Å²) < 4.78 is 0. The smallest absolute Gasteiger partial charge is 0.242 e. The van der Waals surface area contributed by atoms with Crippen LogP contribution in [0, 0.1) is 5.92 Å². The topological polar surface area (TPSA) is 104 Å². The molecule has 0 rings (SSSR count). The SMILES string of the molecule is CC(C)CC(NC=O)C(=O)NCC=O.CCC.CCCC.CCNC(C)=O. The number of unbranched alkanes of at least 4 members (excludes halogenated alkanes) is 1. The van der Waals surface area contributed by atoms with Crippen LogP contribution in [0.2, 0.25) is 0 Å². The lowest BCUT2D eigenvalue weighted by Gasteiger charge is -2.16. The zero-order chi connectivity index (χ0) is 22.1. The Kier molecular flexibility index (Phi) is 35.0. The molecule has 0 radical (unpaired) electrons. The highest BCUT2D eigenvalue weighted by atomic mass is 16.2. The average molecular weight is 390 g/mol. The van der Waals surface area contributed by atoms with Gasteiger partial charge in [0.15, 0.2) is 0 Å². The van der Waals surface area contributed by atoms with E-state index in [1.807, 2.05) is 20.8 Å². The van der Waals surface area contributed by atoms with Crippen LogP contribution < -0.4 is 16.0 Å². The zero-order valence-electron chi connectivity index (χ0n) is 18.7. The lowest BCUT2D eigenvalue weighted by atomic mass is 10.0. The molecule has 0 aromatic carbocycles. The van der Waals surface area contributed by atoms with Gasteiger partial charge in [-0.15, -0.1) is 0 Å². The minimum Gasteiger partial charge on any atom is -0.357 e. The second-order valence-electron chi connectivity index (χ2n) is 6.17. The van der Waals surface area contributed by atoms with Crippen LogP contribution >= 0.6 is 0 Å². The fourth-order valence-corrected chi connectivity index (χ4v) is 1.32. The van der Waals surface area contributed by atoms with Crippen molar-refractivity contribution >= 4 is 24.5 Å². The van der Waals surface area contributed by atoms with E-state index in [2.05, 4.69) is 43.6 Å². The van der Waals surface area contributed by atoms with Crippen molar-refractivity contribution in [3.63, 3.8) is 0 Å². The quantitative estimate of drug-likeness (QED) is 0.527. The van der Waals surface area contributed by atoms with Crippen LogP contribution in [0.5, 0.6) is 0 Å². The molecule has 7 nitrogen and oxygen atoms in total. The summed E-state index contributed by atoms with van der Waals surface area (Å²) in [5, 5.41) is 7.38. The van der Waals surface area contributed by atoms with Crippen molar-refractivity contribution in [1.29, 1.82) is 0 Å². The summed E-state index contributed by atoms with van der Waals surface area (Å²) in [6, 6.07) is -0.549. The highest BCUT2D eigenvalue weighted by Crippen LogP contribution is 2.03. The molecule has 7 heteroatoms. The van der Waals surface area contributed by atoms with Gasteiger partial charge in [-0.1, -0.05) is 60.8 Å². The van der Waals surface area contributed by atoms with Crippen LogP contribution in [-0.4, -0.2) is 43.6 Å². The monoisotopic (exact) mass is 389 g/mol. The van der Waals surface area contributed by atoms with Gasteiger partial charge in [0.1, 0.15) is 12.3 Å². The molecule has 0 aromatic heterocycles. The maximum atomic E-state index is 11.3. The van der Waals surface area contributed by atoms with Gasteiger partial charge < -0.3 is 20.7 Å². The van der Waals surface area contributed by atoms with E-state index in [1.165, 1.54) is 26.2 Å². The number of hydrogen-bond acceptors (Lipinski definition) is 4. The van der Waals surface area contributed by atoms with E-state index in [9.17, 15) is 19.2 Å². The van der Waals surface area contributed by atoms with E-state index in [0.717, 1.165) is 6.54 Å². The Morgan fingerprint density at radius 1 is 0.926 bits per heavy atom. The highest BCUT2D eigenvalue weighted by molar-refractivity contribution is 5.85. The summed E-state index contributed by atoms with van der Waals surface area (Å²) in [6.07, 6.45) is 5.54. The molecule has 0 aliphatic rings. The van der Waals surface area contributed by atoms with E-state index in [-0.39, 0.29) is 18.4 Å². The van der Waals surface area contributed by atoms with Gasteiger partial charge in [-0.05, 0) is 19.3 Å². The number of nitrogens with one attached hydrogen (secondary N) is 3. The Morgan fingerprint density at radius 2 is 1.41 bits per heavy atom. The van der Waals surface area contributed by atoms with Crippen molar-refractivity contribution in [2.75, 3.05) is 13.1 Å². The van der Waals surface area contributed by atoms with Gasteiger partial charge in [-0.2, -0.15) is 0 Å². The summed E-state index contributed by atoms with van der Waals surface area (Å²) in [4.78, 5) is 41.5. The average Bonchev–Trinajstić information content (AvgIpc) is 2.60. The number of aldehydes is 1. The predicted octanol–water partition coefficient (Wildman–Crippen LogP) is 2.83. The molecule has 0 aliphatic carbocycles. The minimum absolute atomic E-state index is 0.0199. The predicted molar refractivity (Wildman–Crippen MR) is 112 cm³/mol. The van der Waals surface area contributed by atoms with Crippen LogP contribution in [-0.2, 0) is 19.2 Å². The minimum atomic E-state index is -0.549. The largest absolute Gasteiger partial charge is 0.357 e. The fourth-order valence-electron chi connectivity index (χ4n) is 1.32. The third-order valence-corrected chi connectivity index (χ3v) is 2.58. The Bertz CT molecular complexity index is 346. The third kappa shape index (κ3) is 40.2. The number of carbonyl (C=O) groups is 4. The van der Waals surface area contributed by atoms with Crippen LogP contribution in [0.4, 0.5) is 0 Å². The number of carbonyl (C=O) groups excluding carboxylic acids is 4. The molecule has 0 fully saturated rings. The fraction of sp³-hybridized carbons (Fsp3) is 0.800. The van der Waals surface area contributed by atoms with E-state index >= 15 is 0 Å². The molecular weight excluding hydrogens is 346 g/mol. The first-order valence-corrected chi connectivity index (χ1v) is 9.87.